The number of hydrogen-bond donors (Lipinski definition) is 0. The van der Waals surface area contributed by atoms with E-state index in [1.165, 1.54) is 5.57 Å². The maximum Gasteiger partial charge on any atom is 0.400 e. The zero-order chi connectivity index (χ0) is 28.4. The fourth-order valence-electron chi connectivity index (χ4n) is 5.32. The Morgan fingerprint density at radius 2 is 1.46 bits per heavy atom. The van der Waals surface area contributed by atoms with Gasteiger partial charge in [-0.15, -0.1) is 0 Å². The molecule has 39 heavy (non-hydrogen) atoms. The fourth-order valence-corrected chi connectivity index (χ4v) is 5.32. The minimum atomic E-state index is -3.72. The summed E-state index contributed by atoms with van der Waals surface area (Å²) in [6.45, 7) is 2.03. The minimum absolute atomic E-state index is 0.00214. The Morgan fingerprint density at radius 1 is 0.795 bits per heavy atom. The summed E-state index contributed by atoms with van der Waals surface area (Å²) in [5, 5.41) is 0. The van der Waals surface area contributed by atoms with Gasteiger partial charge in [0.25, 0.3) is 0 Å². The number of hydrogen-bond acceptors (Lipinski definition) is 2. The summed E-state index contributed by atoms with van der Waals surface area (Å²) >= 11 is 0. The smallest absolute Gasteiger partial charge is 0.400 e. The van der Waals surface area contributed by atoms with E-state index in [2.05, 4.69) is 0 Å². The average Bonchev–Trinajstić information content (AvgIpc) is 2.87. The van der Waals surface area contributed by atoms with Gasteiger partial charge in [0.1, 0.15) is 11.6 Å². The predicted octanol–water partition coefficient (Wildman–Crippen LogP) is 9.58. The van der Waals surface area contributed by atoms with Crippen molar-refractivity contribution in [2.45, 2.75) is 83.0 Å². The van der Waals surface area contributed by atoms with Gasteiger partial charge in [0.15, 0.2) is 17.5 Å². The van der Waals surface area contributed by atoms with Crippen LogP contribution in [0.4, 0.5) is 35.1 Å². The Hall–Kier alpha value is -2.62. The molecular weight excluding hydrogens is 532 g/mol. The van der Waals surface area contributed by atoms with Crippen LogP contribution in [0, 0.1) is 35.1 Å². The molecule has 2 aromatic rings. The molecule has 1 saturated carbocycles. The molecule has 1 fully saturated rings. The van der Waals surface area contributed by atoms with Crippen LogP contribution in [0.15, 0.2) is 42.0 Å². The van der Waals surface area contributed by atoms with Gasteiger partial charge in [-0.25, -0.2) is 17.6 Å². The topological polar surface area (TPSA) is 18.5 Å². The molecule has 0 bridgehead atoms. The van der Waals surface area contributed by atoms with E-state index < -0.39 is 59.2 Å². The molecule has 0 aliphatic heterocycles. The van der Waals surface area contributed by atoms with E-state index in [0.29, 0.717) is 31.0 Å². The van der Waals surface area contributed by atoms with Crippen molar-refractivity contribution < 1.29 is 44.6 Å². The van der Waals surface area contributed by atoms with Crippen molar-refractivity contribution in [3.63, 3.8) is 0 Å². The van der Waals surface area contributed by atoms with Crippen molar-refractivity contribution >= 4 is 0 Å². The van der Waals surface area contributed by atoms with Crippen LogP contribution in [0.5, 0.6) is 5.75 Å². The van der Waals surface area contributed by atoms with Crippen molar-refractivity contribution in [3.05, 3.63) is 65.2 Å². The second kappa shape index (κ2) is 11.9. The fraction of sp³-hybridized carbons (Fsp3) is 0.517. The molecule has 0 spiro atoms. The first-order valence-corrected chi connectivity index (χ1v) is 13.1. The first-order valence-electron chi connectivity index (χ1n) is 13.1. The molecule has 214 valence electrons. The third-order valence-electron chi connectivity index (χ3n) is 7.51. The summed E-state index contributed by atoms with van der Waals surface area (Å²) in [4.78, 5) is 0. The van der Waals surface area contributed by atoms with Gasteiger partial charge in [-0.05, 0) is 81.2 Å². The molecule has 0 aromatic heterocycles. The lowest BCUT2D eigenvalue weighted by atomic mass is 9.85. The summed E-state index contributed by atoms with van der Waals surface area (Å²) in [7, 11) is 0. The van der Waals surface area contributed by atoms with Crippen LogP contribution in [-0.2, 0) is 4.74 Å². The Morgan fingerprint density at radius 3 is 2.03 bits per heavy atom. The Bertz CT molecular complexity index is 1160. The summed E-state index contributed by atoms with van der Waals surface area (Å²) in [6.07, 6.45) is -3.34. The predicted molar refractivity (Wildman–Crippen MR) is 129 cm³/mol. The van der Waals surface area contributed by atoms with Gasteiger partial charge in [-0.1, -0.05) is 25.0 Å². The lowest BCUT2D eigenvalue weighted by Gasteiger charge is -2.36. The average molecular weight is 563 g/mol. The Labute approximate surface area is 222 Å². The summed E-state index contributed by atoms with van der Waals surface area (Å²) in [5.41, 5.74) is 0.528. The summed E-state index contributed by atoms with van der Waals surface area (Å²) < 4.78 is 124. The van der Waals surface area contributed by atoms with Crippen molar-refractivity contribution in [2.24, 2.45) is 11.8 Å². The van der Waals surface area contributed by atoms with Crippen molar-refractivity contribution in [1.29, 1.82) is 0 Å². The molecule has 10 heteroatoms. The monoisotopic (exact) mass is 562 g/mol. The Balaban J connectivity index is 1.33. The molecule has 1 unspecified atom stereocenters. The Kier molecular flexibility index (Phi) is 8.93. The van der Waals surface area contributed by atoms with E-state index in [1.807, 2.05) is 13.0 Å². The highest BCUT2D eigenvalue weighted by molar-refractivity contribution is 5.65. The van der Waals surface area contributed by atoms with Gasteiger partial charge in [-0.3, -0.25) is 0 Å². The molecule has 0 heterocycles. The second-order valence-corrected chi connectivity index (χ2v) is 10.3. The molecule has 0 N–H and O–H groups in total. The minimum Gasteiger partial charge on any atom is -0.432 e. The van der Waals surface area contributed by atoms with Gasteiger partial charge in [0, 0.05) is 11.6 Å². The molecule has 0 radical (unpaired) electrons. The van der Waals surface area contributed by atoms with Gasteiger partial charge < -0.3 is 9.47 Å². The largest absolute Gasteiger partial charge is 0.432 e. The van der Waals surface area contributed by atoms with E-state index in [9.17, 15) is 35.1 Å². The number of allylic oxidation sites excluding steroid dienone is 2. The molecular formula is C29H30F8O2. The highest BCUT2D eigenvalue weighted by Gasteiger charge is 2.47. The van der Waals surface area contributed by atoms with E-state index in [-0.39, 0.29) is 43.2 Å². The lowest BCUT2D eigenvalue weighted by molar-refractivity contribution is -0.302. The molecule has 2 aliphatic carbocycles. The zero-order valence-corrected chi connectivity index (χ0v) is 21.4. The SMILES string of the molecule is CCCC1=CCC(C(F)(F)OC2CCC(C(F)(F)Oc3ccc(-c4cc(F)c(F)c(F)c4)c(F)c3)CC2)CC1. The number of rotatable bonds is 9. The third-order valence-corrected chi connectivity index (χ3v) is 7.51. The van der Waals surface area contributed by atoms with Crippen LogP contribution >= 0.6 is 0 Å². The second-order valence-electron chi connectivity index (χ2n) is 10.3. The van der Waals surface area contributed by atoms with Crippen LogP contribution in [0.3, 0.4) is 0 Å². The van der Waals surface area contributed by atoms with Crippen molar-refractivity contribution in [3.8, 4) is 16.9 Å². The van der Waals surface area contributed by atoms with Gasteiger partial charge in [-0.2, -0.15) is 17.6 Å². The van der Waals surface area contributed by atoms with Crippen LogP contribution < -0.4 is 4.74 Å². The first kappa shape index (κ1) is 29.4. The van der Waals surface area contributed by atoms with Crippen LogP contribution in [0.1, 0.15) is 64.7 Å². The molecule has 4 rings (SSSR count). The molecule has 0 saturated heterocycles. The maximum absolute atomic E-state index is 14.9. The molecule has 2 aromatic carbocycles. The van der Waals surface area contributed by atoms with E-state index in [1.54, 1.807) is 0 Å². The van der Waals surface area contributed by atoms with Crippen LogP contribution in [-0.4, -0.2) is 18.3 Å². The standard InChI is InChI=1S/C29H30F8O2/c1-2-3-17-4-6-19(7-5-17)28(34,35)38-21-10-8-20(9-11-21)29(36,37)39-22-12-13-23(24(30)16-22)18-14-25(31)27(33)26(32)15-18/h4,12-16,19-21H,2-3,5-11H2,1H3. The molecule has 0 amide bonds. The lowest BCUT2D eigenvalue weighted by Crippen LogP contribution is -2.41. The van der Waals surface area contributed by atoms with Gasteiger partial charge >= 0.3 is 12.2 Å². The number of ether oxygens (including phenoxy) is 2. The highest BCUT2D eigenvalue weighted by Crippen LogP contribution is 2.43. The van der Waals surface area contributed by atoms with E-state index in [0.717, 1.165) is 25.0 Å². The first-order chi connectivity index (χ1) is 18.4. The number of alkyl halides is 4. The van der Waals surface area contributed by atoms with E-state index in [4.69, 9.17) is 9.47 Å². The van der Waals surface area contributed by atoms with Crippen LogP contribution in [0.25, 0.3) is 11.1 Å². The number of benzene rings is 2. The van der Waals surface area contributed by atoms with E-state index >= 15 is 0 Å². The van der Waals surface area contributed by atoms with Crippen LogP contribution in [0.2, 0.25) is 0 Å². The quantitative estimate of drug-likeness (QED) is 0.172. The normalized spacial score (nSPS) is 22.5. The maximum atomic E-state index is 14.9. The third kappa shape index (κ3) is 6.94. The molecule has 1 atom stereocenters. The molecule has 2 aliphatic rings. The highest BCUT2D eigenvalue weighted by atomic mass is 19.3. The van der Waals surface area contributed by atoms with Crippen molar-refractivity contribution in [1.82, 2.24) is 0 Å². The van der Waals surface area contributed by atoms with Gasteiger partial charge in [0.2, 0.25) is 0 Å². The zero-order valence-electron chi connectivity index (χ0n) is 21.4. The number of halogens is 8. The summed E-state index contributed by atoms with van der Waals surface area (Å²) in [5.74, 6) is -8.63. The van der Waals surface area contributed by atoms with Gasteiger partial charge in [0.05, 0.1) is 17.9 Å². The van der Waals surface area contributed by atoms with Crippen molar-refractivity contribution in [2.75, 3.05) is 0 Å². The molecule has 2 nitrogen and oxygen atoms in total. The summed E-state index contributed by atoms with van der Waals surface area (Å²) in [6, 6.07) is 3.81.